The number of nitrogens with one attached hydrogen (secondary N) is 1. The fraction of sp³-hybridized carbons (Fsp3) is 0.381. The molecule has 6 nitrogen and oxygen atoms in total. The van der Waals surface area contributed by atoms with Crippen molar-refractivity contribution in [1.82, 2.24) is 0 Å². The van der Waals surface area contributed by atoms with Crippen LogP contribution < -0.4 is 14.4 Å². The van der Waals surface area contributed by atoms with Crippen LogP contribution in [0.4, 0.5) is 11.4 Å². The Labute approximate surface area is 165 Å². The highest BCUT2D eigenvalue weighted by Crippen LogP contribution is 2.38. The van der Waals surface area contributed by atoms with Crippen LogP contribution in [0, 0.1) is 0 Å². The van der Waals surface area contributed by atoms with E-state index in [9.17, 15) is 13.2 Å². The second kappa shape index (κ2) is 7.13. The molecule has 0 aromatic heterocycles. The second-order valence-electron chi connectivity index (χ2n) is 7.24. The number of hydrogen-bond acceptors (Lipinski definition) is 4. The summed E-state index contributed by atoms with van der Waals surface area (Å²) in [5.74, 6) is 0.476. The molecular weight excluding hydrogens is 376 g/mol. The van der Waals surface area contributed by atoms with Crippen molar-refractivity contribution >= 4 is 27.3 Å². The zero-order chi connectivity index (χ0) is 19.9. The molecule has 0 saturated heterocycles. The minimum atomic E-state index is -3.80. The topological polar surface area (TPSA) is 75.7 Å². The van der Waals surface area contributed by atoms with Crippen LogP contribution >= 0.6 is 0 Å². The molecule has 0 saturated carbocycles. The van der Waals surface area contributed by atoms with Gasteiger partial charge in [0.2, 0.25) is 5.91 Å². The number of amides is 1. The third-order valence-electron chi connectivity index (χ3n) is 5.45. The Morgan fingerprint density at radius 3 is 2.57 bits per heavy atom. The molecule has 0 unspecified atom stereocenters. The number of rotatable bonds is 5. The average molecular weight is 401 g/mol. The summed E-state index contributed by atoms with van der Waals surface area (Å²) < 4.78 is 34.2. The van der Waals surface area contributed by atoms with E-state index < -0.39 is 10.0 Å². The number of methoxy groups -OCH3 is 1. The lowest BCUT2D eigenvalue weighted by molar-refractivity contribution is -0.119. The highest BCUT2D eigenvalue weighted by Gasteiger charge is 2.30. The van der Waals surface area contributed by atoms with Crippen LogP contribution in [0.3, 0.4) is 0 Å². The molecule has 2 aliphatic rings. The Hall–Kier alpha value is -2.54. The van der Waals surface area contributed by atoms with Gasteiger partial charge in [-0.1, -0.05) is 13.0 Å². The van der Waals surface area contributed by atoms with Gasteiger partial charge in [0.1, 0.15) is 10.6 Å². The van der Waals surface area contributed by atoms with E-state index in [4.69, 9.17) is 4.74 Å². The molecule has 0 atom stereocenters. The smallest absolute Gasteiger partial charge is 0.265 e. The van der Waals surface area contributed by atoms with E-state index in [1.165, 1.54) is 7.11 Å². The van der Waals surface area contributed by atoms with Crippen LogP contribution in [0.25, 0.3) is 0 Å². The molecule has 2 aliphatic heterocycles. The third-order valence-corrected chi connectivity index (χ3v) is 6.86. The minimum Gasteiger partial charge on any atom is -0.495 e. The first-order chi connectivity index (χ1) is 13.4. The van der Waals surface area contributed by atoms with Crippen molar-refractivity contribution in [2.75, 3.05) is 23.3 Å². The molecule has 1 amide bonds. The van der Waals surface area contributed by atoms with E-state index in [-0.39, 0.29) is 10.8 Å². The van der Waals surface area contributed by atoms with Crippen molar-refractivity contribution in [2.24, 2.45) is 0 Å². The Balaban J connectivity index is 1.73. The van der Waals surface area contributed by atoms with Crippen molar-refractivity contribution in [1.29, 1.82) is 0 Å². The van der Waals surface area contributed by atoms with Crippen LogP contribution in [0.2, 0.25) is 0 Å². The fourth-order valence-electron chi connectivity index (χ4n) is 4.07. The summed E-state index contributed by atoms with van der Waals surface area (Å²) in [5, 5.41) is 0. The van der Waals surface area contributed by atoms with E-state index in [1.54, 1.807) is 12.1 Å². The third kappa shape index (κ3) is 3.24. The van der Waals surface area contributed by atoms with Gasteiger partial charge in [-0.15, -0.1) is 0 Å². The van der Waals surface area contributed by atoms with Gasteiger partial charge in [0.25, 0.3) is 10.0 Å². The normalized spacial score (nSPS) is 15.9. The molecule has 4 rings (SSSR count). The van der Waals surface area contributed by atoms with Gasteiger partial charge < -0.3 is 9.64 Å². The predicted molar refractivity (Wildman–Crippen MR) is 109 cm³/mol. The molecule has 2 aromatic carbocycles. The highest BCUT2D eigenvalue weighted by molar-refractivity contribution is 7.92. The molecule has 0 aliphatic carbocycles. The molecule has 7 heteroatoms. The first kappa shape index (κ1) is 18.8. The maximum Gasteiger partial charge on any atom is 0.265 e. The number of aryl methyl sites for hydroxylation is 3. The number of nitrogens with zero attached hydrogens (tertiary/aromatic N) is 1. The summed E-state index contributed by atoms with van der Waals surface area (Å²) in [6, 6.07) is 8.93. The average Bonchev–Trinajstić information content (AvgIpc) is 2.69. The number of ether oxygens (including phenoxy) is 1. The molecule has 148 valence electrons. The van der Waals surface area contributed by atoms with Crippen LogP contribution in [-0.2, 0) is 34.1 Å². The number of carbonyl (C=O) groups excluding carboxylic acids is 1. The molecule has 1 N–H and O–H groups in total. The maximum absolute atomic E-state index is 13.1. The Kier molecular flexibility index (Phi) is 4.79. The molecule has 28 heavy (non-hydrogen) atoms. The summed E-state index contributed by atoms with van der Waals surface area (Å²) in [7, 11) is -2.34. The van der Waals surface area contributed by atoms with E-state index >= 15 is 0 Å². The van der Waals surface area contributed by atoms with Gasteiger partial charge in [-0.05, 0) is 66.6 Å². The van der Waals surface area contributed by atoms with Gasteiger partial charge in [-0.3, -0.25) is 9.52 Å². The number of carbonyl (C=O) groups is 1. The summed E-state index contributed by atoms with van der Waals surface area (Å²) in [5.41, 5.74) is 4.51. The largest absolute Gasteiger partial charge is 0.495 e. The number of anilines is 2. The SMILES string of the molecule is CCc1ccc(OC)c(S(=O)(=O)Nc2cc3c4c(c2)CCC(=O)N4CCC3)c1. The lowest BCUT2D eigenvalue weighted by atomic mass is 9.91. The lowest BCUT2D eigenvalue weighted by Gasteiger charge is -2.35. The van der Waals surface area contributed by atoms with Crippen molar-refractivity contribution in [3.63, 3.8) is 0 Å². The lowest BCUT2D eigenvalue weighted by Crippen LogP contribution is -2.39. The van der Waals surface area contributed by atoms with Crippen LogP contribution in [0.5, 0.6) is 5.75 Å². The monoisotopic (exact) mass is 400 g/mol. The van der Waals surface area contributed by atoms with E-state index in [0.29, 0.717) is 24.3 Å². The predicted octanol–water partition coefficient (Wildman–Crippen LogP) is 3.28. The van der Waals surface area contributed by atoms with Crippen molar-refractivity contribution in [3.8, 4) is 5.75 Å². The van der Waals surface area contributed by atoms with Crippen molar-refractivity contribution < 1.29 is 17.9 Å². The van der Waals surface area contributed by atoms with Crippen LogP contribution in [0.1, 0.15) is 36.5 Å². The molecule has 0 fully saturated rings. The molecule has 0 radical (unpaired) electrons. The van der Waals surface area contributed by atoms with Gasteiger partial charge in [0.05, 0.1) is 12.8 Å². The minimum absolute atomic E-state index is 0.137. The number of benzene rings is 2. The molecular formula is C21H24N2O4S. The van der Waals surface area contributed by atoms with Crippen LogP contribution in [-0.4, -0.2) is 28.0 Å². The maximum atomic E-state index is 13.1. The van der Waals surface area contributed by atoms with Crippen LogP contribution in [0.15, 0.2) is 35.2 Å². The van der Waals surface area contributed by atoms with E-state index in [1.807, 2.05) is 30.0 Å². The summed E-state index contributed by atoms with van der Waals surface area (Å²) in [6.07, 6.45) is 3.58. The number of sulfonamides is 1. The van der Waals surface area contributed by atoms with Gasteiger partial charge in [-0.2, -0.15) is 0 Å². The van der Waals surface area contributed by atoms with Gasteiger partial charge in [0, 0.05) is 18.7 Å². The van der Waals surface area contributed by atoms with Gasteiger partial charge in [-0.25, -0.2) is 8.42 Å². The summed E-state index contributed by atoms with van der Waals surface area (Å²) in [6.45, 7) is 2.72. The van der Waals surface area contributed by atoms with Crippen molar-refractivity contribution in [3.05, 3.63) is 47.0 Å². The van der Waals surface area contributed by atoms with Gasteiger partial charge in [0.15, 0.2) is 0 Å². The fourth-order valence-corrected chi connectivity index (χ4v) is 5.33. The Bertz CT molecular complexity index is 1030. The Morgan fingerprint density at radius 2 is 1.86 bits per heavy atom. The number of hydrogen-bond donors (Lipinski definition) is 1. The molecule has 0 bridgehead atoms. The van der Waals surface area contributed by atoms with Gasteiger partial charge >= 0.3 is 0 Å². The Morgan fingerprint density at radius 1 is 1.11 bits per heavy atom. The standard InChI is InChI=1S/C21H24N2O4S/c1-3-14-6-8-18(27-2)19(11-14)28(25,26)22-17-12-15-5-4-10-23-20(24)9-7-16(13-17)21(15)23/h6,8,11-13,22H,3-5,7,9-10H2,1-2H3. The molecule has 2 heterocycles. The first-order valence-electron chi connectivity index (χ1n) is 9.59. The highest BCUT2D eigenvalue weighted by atomic mass is 32.2. The van der Waals surface area contributed by atoms with Crippen molar-refractivity contribution in [2.45, 2.75) is 43.9 Å². The molecule has 0 spiro atoms. The second-order valence-corrected chi connectivity index (χ2v) is 8.89. The summed E-state index contributed by atoms with van der Waals surface area (Å²) in [4.78, 5) is 14.2. The zero-order valence-electron chi connectivity index (χ0n) is 16.1. The zero-order valence-corrected chi connectivity index (χ0v) is 16.9. The first-order valence-corrected chi connectivity index (χ1v) is 11.1. The van der Waals surface area contributed by atoms with E-state index in [2.05, 4.69) is 4.72 Å². The quantitative estimate of drug-likeness (QED) is 0.836. The van der Waals surface area contributed by atoms with E-state index in [0.717, 1.165) is 48.2 Å². The summed E-state index contributed by atoms with van der Waals surface area (Å²) >= 11 is 0. The molecule has 2 aromatic rings.